The molecule has 0 spiro atoms. The average molecular weight is 405 g/mol. The van der Waals surface area contributed by atoms with Crippen molar-refractivity contribution in [3.8, 4) is 0 Å². The molecule has 1 heterocycles. The van der Waals surface area contributed by atoms with Gasteiger partial charge < -0.3 is 5.11 Å². The molecule has 1 unspecified atom stereocenters. The van der Waals surface area contributed by atoms with Crippen LogP contribution in [0.2, 0.25) is 0 Å². The number of benzene rings is 1. The average Bonchev–Trinajstić information content (AvgIpc) is 2.95. The van der Waals surface area contributed by atoms with Gasteiger partial charge in [0, 0.05) is 19.2 Å². The second kappa shape index (κ2) is 7.31. The van der Waals surface area contributed by atoms with E-state index in [-0.39, 0.29) is 10.9 Å². The molecule has 0 saturated heterocycles. The van der Waals surface area contributed by atoms with Gasteiger partial charge in [0.25, 0.3) is 10.0 Å². The maximum atomic E-state index is 12.7. The lowest BCUT2D eigenvalue weighted by Gasteiger charge is -2.23. The molecule has 1 atom stereocenters. The summed E-state index contributed by atoms with van der Waals surface area (Å²) in [6, 6.07) is 4.27. The molecule has 0 amide bonds. The smallest absolute Gasteiger partial charge is 0.416 e. The van der Waals surface area contributed by atoms with Gasteiger partial charge in [-0.25, -0.2) is 17.9 Å². The van der Waals surface area contributed by atoms with Crippen molar-refractivity contribution in [2.24, 2.45) is 13.0 Å². The van der Waals surface area contributed by atoms with Gasteiger partial charge in [-0.15, -0.1) is 0 Å². The summed E-state index contributed by atoms with van der Waals surface area (Å²) < 4.78 is 66.8. The van der Waals surface area contributed by atoms with E-state index in [2.05, 4.69) is 9.82 Å². The van der Waals surface area contributed by atoms with E-state index in [0.717, 1.165) is 22.9 Å². The second-order valence-electron chi connectivity index (χ2n) is 6.26. The standard InChI is InChI=1S/C16H18F3N3O4S/c1-9(2)14(10-4-6-11(7-5-10)16(17,18)19)21-27(25,26)13-8-12(15(23)24)20-22(13)3/h4-9,14,21H,1-3H3,(H,23,24). The van der Waals surface area contributed by atoms with E-state index >= 15 is 0 Å². The molecule has 0 bridgehead atoms. The minimum absolute atomic E-state index is 0.288. The lowest BCUT2D eigenvalue weighted by atomic mass is 9.96. The van der Waals surface area contributed by atoms with Crippen LogP contribution in [-0.2, 0) is 23.2 Å². The highest BCUT2D eigenvalue weighted by Crippen LogP contribution is 2.31. The Balaban J connectivity index is 2.37. The van der Waals surface area contributed by atoms with Gasteiger partial charge in [0.2, 0.25) is 0 Å². The van der Waals surface area contributed by atoms with Gasteiger partial charge in [-0.1, -0.05) is 26.0 Å². The van der Waals surface area contributed by atoms with Crippen LogP contribution in [0.3, 0.4) is 0 Å². The Morgan fingerprint density at radius 1 is 1.22 bits per heavy atom. The van der Waals surface area contributed by atoms with E-state index < -0.39 is 39.5 Å². The topological polar surface area (TPSA) is 101 Å². The molecule has 0 fully saturated rings. The third-order valence-corrected chi connectivity index (χ3v) is 5.37. The van der Waals surface area contributed by atoms with Crippen LogP contribution in [0.25, 0.3) is 0 Å². The Morgan fingerprint density at radius 2 is 1.78 bits per heavy atom. The van der Waals surface area contributed by atoms with Crippen LogP contribution in [0, 0.1) is 5.92 Å². The number of aromatic nitrogens is 2. The SMILES string of the molecule is CC(C)C(NS(=O)(=O)c1cc(C(=O)O)nn1C)c1ccc(C(F)(F)F)cc1. The number of aromatic carboxylic acids is 1. The normalized spacial score (nSPS) is 13.7. The van der Waals surface area contributed by atoms with Crippen molar-refractivity contribution in [1.82, 2.24) is 14.5 Å². The van der Waals surface area contributed by atoms with Crippen LogP contribution in [0.4, 0.5) is 13.2 Å². The van der Waals surface area contributed by atoms with Crippen molar-refractivity contribution in [1.29, 1.82) is 0 Å². The van der Waals surface area contributed by atoms with Gasteiger partial charge in [0.1, 0.15) is 0 Å². The summed E-state index contributed by atoms with van der Waals surface area (Å²) in [6.45, 7) is 3.41. The fraction of sp³-hybridized carbons (Fsp3) is 0.375. The van der Waals surface area contributed by atoms with Gasteiger partial charge in [-0.2, -0.15) is 18.3 Å². The maximum absolute atomic E-state index is 12.7. The number of carboxylic acids is 1. The monoisotopic (exact) mass is 405 g/mol. The second-order valence-corrected chi connectivity index (χ2v) is 7.92. The Labute approximate surface area is 153 Å². The number of rotatable bonds is 6. The van der Waals surface area contributed by atoms with E-state index in [1.165, 1.54) is 19.2 Å². The molecule has 0 radical (unpaired) electrons. The molecule has 2 rings (SSSR count). The summed E-state index contributed by atoms with van der Waals surface area (Å²) in [5.74, 6) is -1.67. The summed E-state index contributed by atoms with van der Waals surface area (Å²) in [5, 5.41) is 12.2. The van der Waals surface area contributed by atoms with E-state index in [9.17, 15) is 26.4 Å². The number of carbonyl (C=O) groups is 1. The molecule has 7 nitrogen and oxygen atoms in total. The van der Waals surface area contributed by atoms with E-state index in [0.29, 0.717) is 5.56 Å². The molecular formula is C16H18F3N3O4S. The fourth-order valence-electron chi connectivity index (χ4n) is 2.50. The van der Waals surface area contributed by atoms with Crippen molar-refractivity contribution >= 4 is 16.0 Å². The molecule has 2 aromatic rings. The lowest BCUT2D eigenvalue weighted by molar-refractivity contribution is -0.137. The first-order valence-corrected chi connectivity index (χ1v) is 9.28. The first kappa shape index (κ1) is 20.9. The van der Waals surface area contributed by atoms with Crippen LogP contribution in [0.5, 0.6) is 0 Å². The van der Waals surface area contributed by atoms with E-state index in [4.69, 9.17) is 5.11 Å². The highest BCUT2D eigenvalue weighted by molar-refractivity contribution is 7.89. The molecular weight excluding hydrogens is 387 g/mol. The zero-order valence-corrected chi connectivity index (χ0v) is 15.5. The Hall–Kier alpha value is -2.40. The third-order valence-electron chi connectivity index (χ3n) is 3.88. The molecule has 27 heavy (non-hydrogen) atoms. The van der Waals surface area contributed by atoms with Crippen molar-refractivity contribution in [2.45, 2.75) is 31.1 Å². The highest BCUT2D eigenvalue weighted by Gasteiger charge is 2.31. The predicted molar refractivity (Wildman–Crippen MR) is 89.5 cm³/mol. The number of hydrogen-bond acceptors (Lipinski definition) is 4. The van der Waals surface area contributed by atoms with Gasteiger partial charge >= 0.3 is 12.1 Å². The third kappa shape index (κ3) is 4.66. The molecule has 11 heteroatoms. The molecule has 0 aliphatic heterocycles. The fourth-order valence-corrected chi connectivity index (χ4v) is 4.02. The number of aryl methyl sites for hydroxylation is 1. The Kier molecular flexibility index (Phi) is 5.66. The first-order valence-electron chi connectivity index (χ1n) is 7.79. The summed E-state index contributed by atoms with van der Waals surface area (Å²) >= 11 is 0. The van der Waals surface area contributed by atoms with Crippen molar-refractivity contribution in [3.05, 3.63) is 47.2 Å². The van der Waals surface area contributed by atoms with Gasteiger partial charge in [0.05, 0.1) is 5.56 Å². The summed E-state index contributed by atoms with van der Waals surface area (Å²) in [7, 11) is -2.89. The number of hydrogen-bond donors (Lipinski definition) is 2. The van der Waals surface area contributed by atoms with Crippen molar-refractivity contribution in [3.63, 3.8) is 0 Å². The first-order chi connectivity index (χ1) is 12.3. The van der Waals surface area contributed by atoms with Crippen molar-refractivity contribution < 1.29 is 31.5 Å². The number of sulfonamides is 1. The number of nitrogens with one attached hydrogen (secondary N) is 1. The molecule has 0 aliphatic carbocycles. The van der Waals surface area contributed by atoms with E-state index in [1.807, 2.05) is 0 Å². The zero-order chi connectivity index (χ0) is 20.6. The molecule has 0 aliphatic rings. The lowest BCUT2D eigenvalue weighted by Crippen LogP contribution is -2.33. The van der Waals surface area contributed by atoms with Crippen LogP contribution in [0.15, 0.2) is 35.4 Å². The highest BCUT2D eigenvalue weighted by atomic mass is 32.2. The van der Waals surface area contributed by atoms with Crippen LogP contribution in [0.1, 0.15) is 41.5 Å². The zero-order valence-electron chi connectivity index (χ0n) is 14.6. The molecule has 2 N–H and O–H groups in total. The van der Waals surface area contributed by atoms with E-state index in [1.54, 1.807) is 13.8 Å². The summed E-state index contributed by atoms with van der Waals surface area (Å²) in [5.41, 5.74) is -0.926. The summed E-state index contributed by atoms with van der Waals surface area (Å²) in [6.07, 6.45) is -4.49. The molecule has 1 aromatic carbocycles. The predicted octanol–water partition coefficient (Wildman–Crippen LogP) is 2.81. The van der Waals surface area contributed by atoms with Gasteiger partial charge in [0.15, 0.2) is 10.7 Å². The van der Waals surface area contributed by atoms with Gasteiger partial charge in [-0.3, -0.25) is 4.68 Å². The van der Waals surface area contributed by atoms with Crippen LogP contribution in [-0.4, -0.2) is 29.3 Å². The minimum Gasteiger partial charge on any atom is -0.476 e. The summed E-state index contributed by atoms with van der Waals surface area (Å²) in [4.78, 5) is 11.0. The minimum atomic E-state index is -4.49. The number of carboxylic acid groups (broad SMARTS) is 1. The Morgan fingerprint density at radius 3 is 2.19 bits per heavy atom. The Bertz CT molecular complexity index is 935. The number of nitrogens with zero attached hydrogens (tertiary/aromatic N) is 2. The van der Waals surface area contributed by atoms with Gasteiger partial charge in [-0.05, 0) is 23.6 Å². The molecule has 1 aromatic heterocycles. The number of halogens is 3. The quantitative estimate of drug-likeness (QED) is 0.770. The molecule has 148 valence electrons. The van der Waals surface area contributed by atoms with Crippen molar-refractivity contribution in [2.75, 3.05) is 0 Å². The largest absolute Gasteiger partial charge is 0.476 e. The maximum Gasteiger partial charge on any atom is 0.416 e. The van der Waals surface area contributed by atoms with Crippen LogP contribution >= 0.6 is 0 Å². The number of alkyl halides is 3. The molecule has 0 saturated carbocycles. The van der Waals surface area contributed by atoms with Crippen LogP contribution < -0.4 is 4.72 Å².